The van der Waals surface area contributed by atoms with Crippen LogP contribution in [0.4, 0.5) is 17.5 Å². The summed E-state index contributed by atoms with van der Waals surface area (Å²) in [5.41, 5.74) is 8.55. The van der Waals surface area contributed by atoms with E-state index in [0.717, 1.165) is 43.0 Å². The van der Waals surface area contributed by atoms with Gasteiger partial charge in [-0.15, -0.1) is 10.7 Å². The fourth-order valence-electron chi connectivity index (χ4n) is 3.93. The largest absolute Gasteiger partial charge is 0.368 e. The minimum atomic E-state index is 0.180. The first kappa shape index (κ1) is 24.5. The van der Waals surface area contributed by atoms with E-state index in [0.29, 0.717) is 22.6 Å². The molecule has 34 heavy (non-hydrogen) atoms. The summed E-state index contributed by atoms with van der Waals surface area (Å²) in [4.78, 5) is 24.4. The van der Waals surface area contributed by atoms with Gasteiger partial charge in [-0.25, -0.2) is 15.0 Å². The lowest BCUT2D eigenvalue weighted by Gasteiger charge is -2.38. The highest BCUT2D eigenvalue weighted by Crippen LogP contribution is 2.32. The molecule has 0 bridgehead atoms. The normalized spacial score (nSPS) is 17.0. The number of nitrogens with zero attached hydrogens (tertiary/aromatic N) is 7. The first-order valence-corrected chi connectivity index (χ1v) is 13.2. The number of anilines is 3. The molecule has 1 saturated heterocycles. The van der Waals surface area contributed by atoms with E-state index in [4.69, 9.17) is 22.3 Å². The number of rotatable bonds is 6. The molecule has 0 aliphatic carbocycles. The maximum Gasteiger partial charge on any atom is 0.223 e. The molecule has 3 aromatic rings. The monoisotopic (exact) mass is 499 g/mol. The molecular weight excluding hydrogens is 470 g/mol. The number of nitrogens with one attached hydrogen (secondary N) is 1. The first-order valence-electron chi connectivity index (χ1n) is 11.1. The molecule has 0 saturated carbocycles. The molecule has 1 fully saturated rings. The molecule has 3 aromatic heterocycles. The van der Waals surface area contributed by atoms with Gasteiger partial charge in [-0.05, 0) is 50.8 Å². The predicted octanol–water partition coefficient (Wildman–Crippen LogP) is 3.93. The number of hydrogen-bond acceptors (Lipinski definition) is 9. The molecule has 2 atom stereocenters. The molecule has 4 rings (SSSR count). The van der Waals surface area contributed by atoms with Crippen LogP contribution in [0.1, 0.15) is 31.3 Å². The van der Waals surface area contributed by atoms with Crippen LogP contribution in [0.15, 0.2) is 30.6 Å². The van der Waals surface area contributed by atoms with Crippen molar-refractivity contribution in [2.45, 2.75) is 26.8 Å². The summed E-state index contributed by atoms with van der Waals surface area (Å²) in [5.74, 6) is 1.83. The van der Waals surface area contributed by atoms with Crippen LogP contribution in [0.2, 0.25) is 5.15 Å². The van der Waals surface area contributed by atoms with E-state index >= 15 is 0 Å². The smallest absolute Gasteiger partial charge is 0.223 e. The van der Waals surface area contributed by atoms with Gasteiger partial charge in [-0.3, -0.25) is 9.21 Å². The van der Waals surface area contributed by atoms with E-state index in [1.807, 2.05) is 12.3 Å². The minimum Gasteiger partial charge on any atom is -0.368 e. The Morgan fingerprint density at radius 2 is 1.88 bits per heavy atom. The second-order valence-corrected chi connectivity index (χ2v) is 10.5. The van der Waals surface area contributed by atoms with Gasteiger partial charge in [0, 0.05) is 38.4 Å². The zero-order valence-corrected chi connectivity index (χ0v) is 21.4. The van der Waals surface area contributed by atoms with Crippen molar-refractivity contribution < 1.29 is 0 Å². The molecule has 180 valence electrons. The van der Waals surface area contributed by atoms with E-state index in [2.05, 4.69) is 66.0 Å². The third-order valence-electron chi connectivity index (χ3n) is 5.96. The Morgan fingerprint density at radius 1 is 1.12 bits per heavy atom. The molecule has 4 heterocycles. The van der Waals surface area contributed by atoms with Gasteiger partial charge in [0.2, 0.25) is 5.95 Å². The van der Waals surface area contributed by atoms with Gasteiger partial charge < -0.3 is 11.1 Å². The Bertz CT molecular complexity index is 1160. The Hall–Kier alpha value is -2.66. The highest BCUT2D eigenvalue weighted by molar-refractivity contribution is 8.12. The minimum absolute atomic E-state index is 0.180. The Labute approximate surface area is 207 Å². The molecule has 1 unspecified atom stereocenters. The van der Waals surface area contributed by atoms with Gasteiger partial charge in [-0.2, -0.15) is 9.97 Å². The number of aromatic nitrogens is 5. The molecule has 9 nitrogen and oxygen atoms in total. The van der Waals surface area contributed by atoms with Crippen molar-refractivity contribution in [2.24, 2.45) is 0 Å². The van der Waals surface area contributed by atoms with Gasteiger partial charge in [0.25, 0.3) is 0 Å². The lowest BCUT2D eigenvalue weighted by molar-refractivity contribution is 0.151. The average Bonchev–Trinajstić information content (AvgIpc) is 2.84. The number of halogens is 1. The molecule has 0 spiro atoms. The van der Waals surface area contributed by atoms with Crippen LogP contribution in [0.5, 0.6) is 0 Å². The summed E-state index contributed by atoms with van der Waals surface area (Å²) in [7, 11) is 0.220. The van der Waals surface area contributed by atoms with Crippen molar-refractivity contribution in [1.82, 2.24) is 34.1 Å². The highest BCUT2D eigenvalue weighted by atomic mass is 35.5. The fraction of sp³-hybridized carbons (Fsp3) is 0.391. The van der Waals surface area contributed by atoms with Crippen molar-refractivity contribution in [3.63, 3.8) is 0 Å². The lowest BCUT2D eigenvalue weighted by Crippen LogP contribution is -2.44. The molecule has 1 aliphatic heterocycles. The molecular formula is C23H30ClN9S. The van der Waals surface area contributed by atoms with Crippen LogP contribution in [0.25, 0.3) is 11.4 Å². The van der Waals surface area contributed by atoms with E-state index in [1.165, 1.54) is 0 Å². The zero-order chi connectivity index (χ0) is 24.2. The van der Waals surface area contributed by atoms with Crippen molar-refractivity contribution in [3.05, 3.63) is 47.1 Å². The predicted molar refractivity (Wildman–Crippen MR) is 142 cm³/mol. The van der Waals surface area contributed by atoms with E-state index in [1.54, 1.807) is 19.2 Å². The second-order valence-electron chi connectivity index (χ2n) is 8.12. The van der Waals surface area contributed by atoms with E-state index < -0.39 is 0 Å². The van der Waals surface area contributed by atoms with Gasteiger partial charge in [0.15, 0.2) is 5.82 Å². The van der Waals surface area contributed by atoms with Crippen molar-refractivity contribution in [1.29, 1.82) is 0 Å². The number of aryl methyl sites for hydroxylation is 1. The van der Waals surface area contributed by atoms with Gasteiger partial charge in [0.05, 0.1) is 17.4 Å². The van der Waals surface area contributed by atoms with E-state index in [9.17, 15) is 0 Å². The van der Waals surface area contributed by atoms with Crippen LogP contribution < -0.4 is 11.1 Å². The lowest BCUT2D eigenvalue weighted by atomic mass is 10.1. The Kier molecular flexibility index (Phi) is 7.72. The van der Waals surface area contributed by atoms with Crippen LogP contribution >= 0.6 is 22.3 Å². The number of hydrogen-bond donors (Lipinski definition) is 2. The third kappa shape index (κ3) is 5.69. The summed E-state index contributed by atoms with van der Waals surface area (Å²) in [5, 5.41) is 6.02. The van der Waals surface area contributed by atoms with Crippen LogP contribution in [-0.4, -0.2) is 71.9 Å². The van der Waals surface area contributed by atoms with Crippen molar-refractivity contribution in [3.8, 4) is 11.4 Å². The van der Waals surface area contributed by atoms with Gasteiger partial charge in [-0.1, -0.05) is 17.0 Å². The van der Waals surface area contributed by atoms with Crippen LogP contribution in [-0.2, 0) is 0 Å². The quantitative estimate of drug-likeness (QED) is 0.385. The molecule has 3 N–H and O–H groups in total. The molecule has 1 aliphatic rings. The number of pyridine rings is 2. The van der Waals surface area contributed by atoms with Crippen LogP contribution in [0.3, 0.4) is 0 Å². The number of piperazine rings is 1. The fourth-order valence-corrected chi connectivity index (χ4v) is 5.08. The summed E-state index contributed by atoms with van der Waals surface area (Å²) < 4.78 is 2.54. The van der Waals surface area contributed by atoms with Gasteiger partial charge in [0.1, 0.15) is 16.8 Å². The molecule has 0 aromatic carbocycles. The topological polar surface area (TPSA) is 109 Å². The van der Waals surface area contributed by atoms with E-state index in [-0.39, 0.29) is 22.7 Å². The summed E-state index contributed by atoms with van der Waals surface area (Å²) in [6, 6.07) is 5.86. The summed E-state index contributed by atoms with van der Waals surface area (Å²) in [6.07, 6.45) is 5.85. The number of nitrogens with two attached hydrogens (primary N) is 1. The Morgan fingerprint density at radius 3 is 2.53 bits per heavy atom. The first-order chi connectivity index (χ1) is 16.3. The molecule has 0 amide bonds. The zero-order valence-electron chi connectivity index (χ0n) is 19.9. The maximum atomic E-state index is 5.94. The van der Waals surface area contributed by atoms with Crippen molar-refractivity contribution in [2.75, 3.05) is 43.5 Å². The average molecular weight is 500 g/mol. The second kappa shape index (κ2) is 10.7. The highest BCUT2D eigenvalue weighted by Gasteiger charge is 2.24. The standard InChI is InChI=1S/C23H30ClN9S/c1-5-34(4)33-10-8-32(9-11-33)15(2)17-12-19(22-28-16(3)29-23(25)31-22)21(27-13-17)30-18-6-7-20(24)26-14-18/h5-7,12-15H,8-11H2,1-4H3,(H,27,30)(H2,25,28,29,31)/t15-,34?/m1/s1. The molecule has 11 heteroatoms. The van der Waals surface area contributed by atoms with Crippen molar-refractivity contribution >= 4 is 45.1 Å². The maximum absolute atomic E-state index is 5.94. The third-order valence-corrected chi connectivity index (χ3v) is 8.04. The Balaban J connectivity index is 1.65. The summed E-state index contributed by atoms with van der Waals surface area (Å²) >= 11 is 5.94. The van der Waals surface area contributed by atoms with Crippen LogP contribution in [0, 0.1) is 6.92 Å². The SMILES string of the molecule is C/C=S(/C)N1CCN([C@H](C)c2cnc(Nc3ccc(Cl)nc3)c(-c3nc(C)nc(N)n3)c2)CC1. The van der Waals surface area contributed by atoms with Gasteiger partial charge >= 0.3 is 0 Å². The number of nitrogen functional groups attached to an aromatic ring is 1. The molecule has 0 radical (unpaired) electrons. The summed E-state index contributed by atoms with van der Waals surface area (Å²) in [6.45, 7) is 10.3.